The molecule has 0 bridgehead atoms. The lowest BCUT2D eigenvalue weighted by atomic mass is 9.79. The summed E-state index contributed by atoms with van der Waals surface area (Å²) < 4.78 is 2.01. The second kappa shape index (κ2) is 7.53. The van der Waals surface area contributed by atoms with Crippen molar-refractivity contribution in [3.05, 3.63) is 11.6 Å². The van der Waals surface area contributed by atoms with Crippen LogP contribution in [0.3, 0.4) is 0 Å². The van der Waals surface area contributed by atoms with Crippen molar-refractivity contribution in [2.75, 3.05) is 0 Å². The normalized spacial score (nSPS) is 25.1. The Kier molecular flexibility index (Phi) is 5.41. The van der Waals surface area contributed by atoms with Crippen LogP contribution in [0, 0.1) is 18.8 Å². The van der Waals surface area contributed by atoms with Crippen LogP contribution < -0.4 is 10.6 Å². The molecule has 3 rings (SSSR count). The van der Waals surface area contributed by atoms with E-state index in [1.54, 1.807) is 0 Å². The van der Waals surface area contributed by atoms with Crippen LogP contribution in [0.1, 0.15) is 64.0 Å². The van der Waals surface area contributed by atoms with Gasteiger partial charge in [0.05, 0.1) is 0 Å². The molecule has 0 aromatic carbocycles. The summed E-state index contributed by atoms with van der Waals surface area (Å²) in [6, 6.07) is 1.14. The van der Waals surface area contributed by atoms with Gasteiger partial charge in [-0.1, -0.05) is 26.7 Å². The fourth-order valence-electron chi connectivity index (χ4n) is 3.45. The van der Waals surface area contributed by atoms with Gasteiger partial charge in [0, 0.05) is 19.1 Å². The Labute approximate surface area is 145 Å². The van der Waals surface area contributed by atoms with Gasteiger partial charge in [0.1, 0.15) is 12.4 Å². The molecule has 0 saturated heterocycles. The molecule has 2 aliphatic rings. The third-order valence-electron chi connectivity index (χ3n) is 5.48. The average molecular weight is 332 g/mol. The molecule has 0 aliphatic heterocycles. The molecule has 1 aromatic heterocycles. The van der Waals surface area contributed by atoms with Crippen LogP contribution >= 0.6 is 0 Å². The van der Waals surface area contributed by atoms with Gasteiger partial charge in [-0.25, -0.2) is 4.99 Å². The lowest BCUT2D eigenvalue weighted by molar-refractivity contribution is 0.244. The summed E-state index contributed by atoms with van der Waals surface area (Å²) in [5, 5.41) is 15.6. The van der Waals surface area contributed by atoms with E-state index in [0.717, 1.165) is 29.4 Å². The van der Waals surface area contributed by atoms with Gasteiger partial charge in [-0.2, -0.15) is 0 Å². The van der Waals surface area contributed by atoms with E-state index in [9.17, 15) is 0 Å². The quantitative estimate of drug-likeness (QED) is 0.642. The van der Waals surface area contributed by atoms with Crippen LogP contribution in [0.25, 0.3) is 0 Å². The van der Waals surface area contributed by atoms with Gasteiger partial charge >= 0.3 is 0 Å². The second-order valence-corrected chi connectivity index (χ2v) is 7.82. The molecular weight excluding hydrogens is 300 g/mol. The number of aromatic nitrogens is 3. The monoisotopic (exact) mass is 332 g/mol. The molecule has 2 saturated carbocycles. The van der Waals surface area contributed by atoms with Gasteiger partial charge in [0.15, 0.2) is 11.8 Å². The predicted octanol–water partition coefficient (Wildman–Crippen LogP) is 2.54. The topological polar surface area (TPSA) is 67.1 Å². The first-order valence-electron chi connectivity index (χ1n) is 9.45. The molecule has 2 unspecified atom stereocenters. The molecule has 6 nitrogen and oxygen atoms in total. The fraction of sp³-hybridized carbons (Fsp3) is 0.833. The zero-order valence-corrected chi connectivity index (χ0v) is 15.5. The summed E-state index contributed by atoms with van der Waals surface area (Å²) in [5.74, 6) is 4.39. The highest BCUT2D eigenvalue weighted by Crippen LogP contribution is 2.30. The Morgan fingerprint density at radius 2 is 1.92 bits per heavy atom. The highest BCUT2D eigenvalue weighted by molar-refractivity contribution is 5.80. The molecule has 6 heteroatoms. The third kappa shape index (κ3) is 4.48. The van der Waals surface area contributed by atoms with Gasteiger partial charge in [-0.15, -0.1) is 10.2 Å². The molecule has 0 spiro atoms. The minimum absolute atomic E-state index is 0.539. The summed E-state index contributed by atoms with van der Waals surface area (Å²) in [5.41, 5.74) is 0. The first-order valence-corrected chi connectivity index (χ1v) is 9.45. The summed E-state index contributed by atoms with van der Waals surface area (Å²) in [6.07, 6.45) is 7.70. The van der Waals surface area contributed by atoms with E-state index in [4.69, 9.17) is 4.99 Å². The highest BCUT2D eigenvalue weighted by Gasteiger charge is 2.27. The molecule has 0 amide bonds. The SMILES string of the molecule is Cc1nnc(CN=C(NC2CC2)NC2CCCC(C(C)C)C2)n1C. The lowest BCUT2D eigenvalue weighted by Gasteiger charge is -2.33. The van der Waals surface area contributed by atoms with Crippen molar-refractivity contribution in [3.8, 4) is 0 Å². The zero-order valence-electron chi connectivity index (χ0n) is 15.5. The second-order valence-electron chi connectivity index (χ2n) is 7.82. The molecule has 2 N–H and O–H groups in total. The maximum atomic E-state index is 4.78. The van der Waals surface area contributed by atoms with Crippen LogP contribution in [-0.2, 0) is 13.6 Å². The Balaban J connectivity index is 1.62. The number of hydrogen-bond donors (Lipinski definition) is 2. The predicted molar refractivity (Wildman–Crippen MR) is 96.8 cm³/mol. The van der Waals surface area contributed by atoms with Gasteiger partial charge < -0.3 is 15.2 Å². The maximum Gasteiger partial charge on any atom is 0.192 e. The molecule has 1 heterocycles. The van der Waals surface area contributed by atoms with Crippen molar-refractivity contribution in [1.82, 2.24) is 25.4 Å². The summed E-state index contributed by atoms with van der Waals surface area (Å²) in [4.78, 5) is 4.78. The van der Waals surface area contributed by atoms with E-state index in [0.29, 0.717) is 18.6 Å². The molecule has 2 aliphatic carbocycles. The fourth-order valence-corrected chi connectivity index (χ4v) is 3.45. The van der Waals surface area contributed by atoms with Gasteiger partial charge in [-0.05, 0) is 44.4 Å². The van der Waals surface area contributed by atoms with Gasteiger partial charge in [0.2, 0.25) is 0 Å². The van der Waals surface area contributed by atoms with Crippen molar-refractivity contribution >= 4 is 5.96 Å². The van der Waals surface area contributed by atoms with E-state index in [-0.39, 0.29) is 0 Å². The first-order chi connectivity index (χ1) is 11.5. The Hall–Kier alpha value is -1.59. The molecule has 24 heavy (non-hydrogen) atoms. The van der Waals surface area contributed by atoms with E-state index >= 15 is 0 Å². The highest BCUT2D eigenvalue weighted by atomic mass is 15.3. The standard InChI is InChI=1S/C18H32N6/c1-12(2)14-6-5-7-16(10-14)21-18(20-15-8-9-15)19-11-17-23-22-13(3)24(17)4/h12,14-16H,5-11H2,1-4H3,(H2,19,20,21). The van der Waals surface area contributed by atoms with Crippen molar-refractivity contribution < 1.29 is 0 Å². The van der Waals surface area contributed by atoms with Crippen molar-refractivity contribution in [2.24, 2.45) is 23.9 Å². The molecule has 2 fully saturated rings. The van der Waals surface area contributed by atoms with Crippen LogP contribution in [-0.4, -0.2) is 32.8 Å². The smallest absolute Gasteiger partial charge is 0.192 e. The number of aryl methyl sites for hydroxylation is 1. The largest absolute Gasteiger partial charge is 0.354 e. The number of aliphatic imine (C=N–C) groups is 1. The average Bonchev–Trinajstić information content (AvgIpc) is 3.32. The first kappa shape index (κ1) is 17.2. The molecule has 0 radical (unpaired) electrons. The van der Waals surface area contributed by atoms with E-state index < -0.39 is 0 Å². The molecule has 134 valence electrons. The molecule has 2 atom stereocenters. The Bertz CT molecular complexity index is 572. The van der Waals surface area contributed by atoms with Crippen LogP contribution in [0.15, 0.2) is 4.99 Å². The Morgan fingerprint density at radius 1 is 1.17 bits per heavy atom. The maximum absolute atomic E-state index is 4.78. The van der Waals surface area contributed by atoms with E-state index in [2.05, 4.69) is 34.7 Å². The lowest BCUT2D eigenvalue weighted by Crippen LogP contribution is -2.46. The number of nitrogens with one attached hydrogen (secondary N) is 2. The number of guanidine groups is 1. The van der Waals surface area contributed by atoms with Gasteiger partial charge in [0.25, 0.3) is 0 Å². The van der Waals surface area contributed by atoms with E-state index in [1.807, 2.05) is 18.5 Å². The zero-order chi connectivity index (χ0) is 17.1. The van der Waals surface area contributed by atoms with Gasteiger partial charge in [-0.3, -0.25) is 0 Å². The van der Waals surface area contributed by atoms with Crippen LogP contribution in [0.4, 0.5) is 0 Å². The van der Waals surface area contributed by atoms with Crippen molar-refractivity contribution in [2.45, 2.75) is 77.9 Å². The number of rotatable bonds is 5. The number of hydrogen-bond acceptors (Lipinski definition) is 3. The summed E-state index contributed by atoms with van der Waals surface area (Å²) in [6.45, 7) is 7.23. The summed E-state index contributed by atoms with van der Waals surface area (Å²) in [7, 11) is 2.00. The minimum atomic E-state index is 0.539. The molecule has 1 aromatic rings. The summed E-state index contributed by atoms with van der Waals surface area (Å²) >= 11 is 0. The Morgan fingerprint density at radius 3 is 2.54 bits per heavy atom. The van der Waals surface area contributed by atoms with Crippen LogP contribution in [0.5, 0.6) is 0 Å². The third-order valence-corrected chi connectivity index (χ3v) is 5.48. The van der Waals surface area contributed by atoms with Crippen molar-refractivity contribution in [3.63, 3.8) is 0 Å². The van der Waals surface area contributed by atoms with E-state index in [1.165, 1.54) is 38.5 Å². The van der Waals surface area contributed by atoms with Crippen LogP contribution in [0.2, 0.25) is 0 Å². The molecular formula is C18H32N6. The minimum Gasteiger partial charge on any atom is -0.354 e. The number of nitrogens with zero attached hydrogens (tertiary/aromatic N) is 4. The van der Waals surface area contributed by atoms with Crippen molar-refractivity contribution in [1.29, 1.82) is 0 Å².